The Bertz CT molecular complexity index is 1020. The Kier molecular flexibility index (Phi) is 6.10. The molecule has 0 aliphatic carbocycles. The quantitative estimate of drug-likeness (QED) is 0.626. The number of pyridine rings is 2. The van der Waals surface area contributed by atoms with E-state index in [9.17, 15) is 18.0 Å². The highest BCUT2D eigenvalue weighted by atomic mass is 19.4. The molecule has 0 bridgehead atoms. The minimum absolute atomic E-state index is 0.0906. The first-order chi connectivity index (χ1) is 13.8. The van der Waals surface area contributed by atoms with Crippen molar-refractivity contribution in [1.82, 2.24) is 19.9 Å². The fourth-order valence-electron chi connectivity index (χ4n) is 2.49. The van der Waals surface area contributed by atoms with Gasteiger partial charge in [0.1, 0.15) is 11.6 Å². The summed E-state index contributed by atoms with van der Waals surface area (Å²) < 4.78 is 41.9. The molecule has 3 rings (SSSR count). The van der Waals surface area contributed by atoms with Crippen molar-refractivity contribution in [2.45, 2.75) is 26.1 Å². The molecule has 3 aromatic heterocycles. The lowest BCUT2D eigenvalue weighted by atomic mass is 10.2. The molecule has 3 heterocycles. The van der Waals surface area contributed by atoms with Crippen molar-refractivity contribution in [2.24, 2.45) is 0 Å². The first kappa shape index (κ1) is 20.3. The van der Waals surface area contributed by atoms with Gasteiger partial charge in [0.25, 0.3) is 5.56 Å². The average Bonchev–Trinajstić information content (AvgIpc) is 2.70. The van der Waals surface area contributed by atoms with Gasteiger partial charge in [0, 0.05) is 41.8 Å². The van der Waals surface area contributed by atoms with Crippen molar-refractivity contribution >= 4 is 5.82 Å². The molecule has 0 aliphatic rings. The van der Waals surface area contributed by atoms with Crippen molar-refractivity contribution in [3.8, 4) is 17.3 Å². The molecule has 29 heavy (non-hydrogen) atoms. The molecule has 0 amide bonds. The van der Waals surface area contributed by atoms with Gasteiger partial charge in [0.2, 0.25) is 5.88 Å². The summed E-state index contributed by atoms with van der Waals surface area (Å²) in [6.07, 6.45) is -0.900. The van der Waals surface area contributed by atoms with Gasteiger partial charge in [-0.15, -0.1) is 0 Å². The fourth-order valence-corrected chi connectivity index (χ4v) is 2.49. The Morgan fingerprint density at radius 2 is 2.03 bits per heavy atom. The molecular weight excluding hydrogens is 387 g/mol. The van der Waals surface area contributed by atoms with Gasteiger partial charge in [-0.1, -0.05) is 13.0 Å². The third-order valence-electron chi connectivity index (χ3n) is 3.88. The minimum atomic E-state index is -4.44. The number of hydrogen-bond acceptors (Lipinski definition) is 6. The highest BCUT2D eigenvalue weighted by molar-refractivity contribution is 5.56. The van der Waals surface area contributed by atoms with Crippen LogP contribution in [0.2, 0.25) is 0 Å². The number of nitrogens with zero attached hydrogens (tertiary/aromatic N) is 3. The van der Waals surface area contributed by atoms with Crippen molar-refractivity contribution in [1.29, 1.82) is 0 Å². The standard InChI is InChI=1S/C19H18F3N5O2/c1-2-14-8-16(28)27-17(26-14)12-5-6-15(24-9-12)25-10-13-4-3-7-23-18(13)29-11-19(20,21)22/h3-9H,2,10-11H2,1H3,(H,24,25)(H,26,27,28). The monoisotopic (exact) mass is 405 g/mol. The van der Waals surface area contributed by atoms with Crippen molar-refractivity contribution in [3.63, 3.8) is 0 Å². The van der Waals surface area contributed by atoms with Crippen molar-refractivity contribution < 1.29 is 17.9 Å². The first-order valence-electron chi connectivity index (χ1n) is 8.78. The summed E-state index contributed by atoms with van der Waals surface area (Å²) in [5.74, 6) is 0.823. The maximum atomic E-state index is 12.4. The van der Waals surface area contributed by atoms with Crippen LogP contribution in [0.5, 0.6) is 5.88 Å². The van der Waals surface area contributed by atoms with Gasteiger partial charge >= 0.3 is 6.18 Å². The lowest BCUT2D eigenvalue weighted by molar-refractivity contribution is -0.154. The zero-order valence-corrected chi connectivity index (χ0v) is 15.5. The van der Waals surface area contributed by atoms with Crippen LogP contribution in [0.4, 0.5) is 19.0 Å². The molecule has 0 spiro atoms. The lowest BCUT2D eigenvalue weighted by Gasteiger charge is -2.12. The molecule has 7 nitrogen and oxygen atoms in total. The first-order valence-corrected chi connectivity index (χ1v) is 8.78. The van der Waals surface area contributed by atoms with Gasteiger partial charge in [0.15, 0.2) is 6.61 Å². The highest BCUT2D eigenvalue weighted by Crippen LogP contribution is 2.21. The Morgan fingerprint density at radius 1 is 1.21 bits per heavy atom. The normalized spacial score (nSPS) is 11.3. The molecule has 0 fully saturated rings. The molecule has 0 radical (unpaired) electrons. The largest absolute Gasteiger partial charge is 0.468 e. The summed E-state index contributed by atoms with van der Waals surface area (Å²) in [6, 6.07) is 8.08. The molecule has 3 aromatic rings. The van der Waals surface area contributed by atoms with E-state index < -0.39 is 12.8 Å². The predicted molar refractivity (Wildman–Crippen MR) is 101 cm³/mol. The van der Waals surface area contributed by atoms with Gasteiger partial charge < -0.3 is 15.0 Å². The number of aromatic nitrogens is 4. The van der Waals surface area contributed by atoms with Crippen LogP contribution in [0.15, 0.2) is 47.5 Å². The van der Waals surface area contributed by atoms with Crippen molar-refractivity contribution in [2.75, 3.05) is 11.9 Å². The second-order valence-electron chi connectivity index (χ2n) is 6.10. The van der Waals surface area contributed by atoms with Gasteiger partial charge in [-0.05, 0) is 24.6 Å². The van der Waals surface area contributed by atoms with E-state index in [0.717, 1.165) is 0 Å². The third-order valence-corrected chi connectivity index (χ3v) is 3.88. The van der Waals surface area contributed by atoms with E-state index >= 15 is 0 Å². The summed E-state index contributed by atoms with van der Waals surface area (Å²) in [4.78, 5) is 26.8. The molecule has 0 aliphatic heterocycles. The SMILES string of the molecule is CCc1cc(=O)[nH]c(-c2ccc(NCc3cccnc3OCC(F)(F)F)nc2)n1. The van der Waals surface area contributed by atoms with Crippen LogP contribution in [-0.4, -0.2) is 32.7 Å². The summed E-state index contributed by atoms with van der Waals surface area (Å²) in [5, 5.41) is 3.01. The highest BCUT2D eigenvalue weighted by Gasteiger charge is 2.29. The number of anilines is 1. The zero-order chi connectivity index (χ0) is 20.9. The topological polar surface area (TPSA) is 92.8 Å². The number of aromatic amines is 1. The molecular formula is C19H18F3N5O2. The Labute approximate surface area is 164 Å². The Hall–Kier alpha value is -3.43. The third kappa shape index (κ3) is 5.77. The number of rotatable bonds is 7. The summed E-state index contributed by atoms with van der Waals surface area (Å²) in [6.45, 7) is 0.668. The van der Waals surface area contributed by atoms with Gasteiger partial charge in [-0.2, -0.15) is 13.2 Å². The van der Waals surface area contributed by atoms with Crippen molar-refractivity contribution in [3.05, 3.63) is 64.3 Å². The maximum Gasteiger partial charge on any atom is 0.422 e. The van der Waals surface area contributed by atoms with Crippen LogP contribution < -0.4 is 15.6 Å². The van der Waals surface area contributed by atoms with E-state index in [1.165, 1.54) is 12.3 Å². The summed E-state index contributed by atoms with van der Waals surface area (Å²) in [5.41, 5.74) is 1.54. The van der Waals surface area contributed by atoms with Crippen LogP contribution in [0.25, 0.3) is 11.4 Å². The van der Waals surface area contributed by atoms with Crippen LogP contribution >= 0.6 is 0 Å². The molecule has 2 N–H and O–H groups in total. The maximum absolute atomic E-state index is 12.4. The smallest absolute Gasteiger partial charge is 0.422 e. The predicted octanol–water partition coefficient (Wildman–Crippen LogP) is 3.34. The number of ether oxygens (including phenoxy) is 1. The van der Waals surface area contributed by atoms with E-state index in [1.807, 2.05) is 6.92 Å². The fraction of sp³-hybridized carbons (Fsp3) is 0.263. The molecule has 0 saturated heterocycles. The number of nitrogens with one attached hydrogen (secondary N) is 2. The minimum Gasteiger partial charge on any atom is -0.468 e. The van der Waals surface area contributed by atoms with Crippen LogP contribution in [0, 0.1) is 0 Å². The van der Waals surface area contributed by atoms with E-state index in [-0.39, 0.29) is 18.0 Å². The molecule has 0 aromatic carbocycles. The summed E-state index contributed by atoms with van der Waals surface area (Å²) >= 11 is 0. The zero-order valence-electron chi connectivity index (χ0n) is 15.5. The Morgan fingerprint density at radius 3 is 2.72 bits per heavy atom. The molecule has 0 atom stereocenters. The number of hydrogen-bond donors (Lipinski definition) is 2. The lowest BCUT2D eigenvalue weighted by Crippen LogP contribution is -2.20. The van der Waals surface area contributed by atoms with Gasteiger partial charge in [-0.25, -0.2) is 15.0 Å². The molecule has 10 heteroatoms. The van der Waals surface area contributed by atoms with Gasteiger partial charge in [0.05, 0.1) is 0 Å². The van der Waals surface area contributed by atoms with Crippen LogP contribution in [0.1, 0.15) is 18.2 Å². The second kappa shape index (κ2) is 8.72. The van der Waals surface area contributed by atoms with E-state index in [1.54, 1.807) is 30.5 Å². The Balaban J connectivity index is 1.69. The second-order valence-corrected chi connectivity index (χ2v) is 6.10. The van der Waals surface area contributed by atoms with E-state index in [4.69, 9.17) is 4.74 Å². The van der Waals surface area contributed by atoms with Crippen LogP contribution in [0.3, 0.4) is 0 Å². The number of aryl methyl sites for hydroxylation is 1. The number of halogens is 3. The average molecular weight is 405 g/mol. The summed E-state index contributed by atoms with van der Waals surface area (Å²) in [7, 11) is 0. The molecule has 0 unspecified atom stereocenters. The van der Waals surface area contributed by atoms with Crippen LogP contribution in [-0.2, 0) is 13.0 Å². The van der Waals surface area contributed by atoms with E-state index in [0.29, 0.717) is 34.9 Å². The van der Waals surface area contributed by atoms with Gasteiger partial charge in [-0.3, -0.25) is 4.79 Å². The molecule has 152 valence electrons. The number of alkyl halides is 3. The van der Waals surface area contributed by atoms with E-state index in [2.05, 4.69) is 25.3 Å². The molecule has 0 saturated carbocycles. The number of H-pyrrole nitrogens is 1.